The van der Waals surface area contributed by atoms with E-state index in [1.165, 1.54) is 45.2 Å². The van der Waals surface area contributed by atoms with Gasteiger partial charge in [0.05, 0.1) is 6.04 Å². The number of nitrogens with one attached hydrogen (secondary N) is 1. The van der Waals surface area contributed by atoms with E-state index >= 15 is 0 Å². The van der Waals surface area contributed by atoms with Crippen LogP contribution in [0.5, 0.6) is 0 Å². The summed E-state index contributed by atoms with van der Waals surface area (Å²) in [6, 6.07) is -0.0128. The number of hydrogen-bond acceptors (Lipinski definition) is 4. The van der Waals surface area contributed by atoms with E-state index in [2.05, 4.69) is 29.0 Å². The lowest BCUT2D eigenvalue weighted by atomic mass is 9.95. The Bertz CT molecular complexity index is 519. The highest BCUT2D eigenvalue weighted by Crippen LogP contribution is 2.31. The van der Waals surface area contributed by atoms with Gasteiger partial charge in [-0.15, -0.1) is 0 Å². The van der Waals surface area contributed by atoms with Crippen molar-refractivity contribution >= 4 is 11.8 Å². The number of piperidine rings is 1. The second kappa shape index (κ2) is 11.3. The first-order valence-electron chi connectivity index (χ1n) is 12.1. The van der Waals surface area contributed by atoms with Crippen molar-refractivity contribution in [2.75, 3.05) is 52.4 Å². The Morgan fingerprint density at radius 3 is 2.17 bits per heavy atom. The minimum absolute atomic E-state index is 0.0128. The number of nitrogens with zero attached hydrogens (tertiary/aromatic N) is 3. The van der Waals surface area contributed by atoms with Crippen LogP contribution in [0.1, 0.15) is 65.2 Å². The summed E-state index contributed by atoms with van der Waals surface area (Å²) in [7, 11) is 0. The number of rotatable bonds is 8. The molecule has 2 heterocycles. The number of carbonyl (C=O) groups is 2. The lowest BCUT2D eigenvalue weighted by Crippen LogP contribution is -2.58. The van der Waals surface area contributed by atoms with Crippen LogP contribution in [0.4, 0.5) is 0 Å². The molecule has 0 radical (unpaired) electrons. The number of carbonyl (C=O) groups excluding carboxylic acids is 2. The standard InChI is InChI=1S/C23H42N4O2/c1-19(2)18-21(28)26-14-16-27(17-15-26)22(20-8-4-5-9-20)23(29)24-10-13-25-11-6-3-7-12-25/h19-20,22H,3-18H2,1-2H3,(H,24,29)/t22-/m1/s1. The minimum atomic E-state index is -0.0128. The van der Waals surface area contributed by atoms with Crippen LogP contribution in [0.15, 0.2) is 0 Å². The first-order chi connectivity index (χ1) is 14.0. The van der Waals surface area contributed by atoms with E-state index in [-0.39, 0.29) is 17.9 Å². The average Bonchev–Trinajstić information content (AvgIpc) is 3.23. The van der Waals surface area contributed by atoms with E-state index in [9.17, 15) is 9.59 Å². The monoisotopic (exact) mass is 406 g/mol. The van der Waals surface area contributed by atoms with Gasteiger partial charge in [0.2, 0.25) is 11.8 Å². The van der Waals surface area contributed by atoms with Crippen LogP contribution in [0.2, 0.25) is 0 Å². The highest BCUT2D eigenvalue weighted by atomic mass is 16.2. The van der Waals surface area contributed by atoms with Crippen LogP contribution in [0.25, 0.3) is 0 Å². The molecule has 166 valence electrons. The molecule has 1 N–H and O–H groups in total. The van der Waals surface area contributed by atoms with Gasteiger partial charge in [-0.1, -0.05) is 33.1 Å². The third-order valence-corrected chi connectivity index (χ3v) is 6.93. The van der Waals surface area contributed by atoms with Crippen molar-refractivity contribution < 1.29 is 9.59 Å². The lowest BCUT2D eigenvalue weighted by Gasteiger charge is -2.41. The molecule has 3 aliphatic rings. The normalized spacial score (nSPS) is 23.5. The van der Waals surface area contributed by atoms with Gasteiger partial charge >= 0.3 is 0 Å². The molecule has 0 aromatic carbocycles. The predicted octanol–water partition coefficient (Wildman–Crippen LogP) is 2.34. The van der Waals surface area contributed by atoms with Gasteiger partial charge in [-0.25, -0.2) is 0 Å². The Hall–Kier alpha value is -1.14. The Morgan fingerprint density at radius 2 is 1.55 bits per heavy atom. The Balaban J connectivity index is 1.50. The van der Waals surface area contributed by atoms with Crippen molar-refractivity contribution in [3.8, 4) is 0 Å². The van der Waals surface area contributed by atoms with Crippen LogP contribution >= 0.6 is 0 Å². The number of likely N-dealkylation sites (tertiary alicyclic amines) is 1. The van der Waals surface area contributed by atoms with Gasteiger partial charge in [-0.05, 0) is 50.6 Å². The number of hydrogen-bond donors (Lipinski definition) is 1. The second-order valence-corrected chi connectivity index (χ2v) is 9.70. The zero-order chi connectivity index (χ0) is 20.6. The summed E-state index contributed by atoms with van der Waals surface area (Å²) in [6.07, 6.45) is 9.37. The third kappa shape index (κ3) is 6.68. The summed E-state index contributed by atoms with van der Waals surface area (Å²) in [6.45, 7) is 11.4. The van der Waals surface area contributed by atoms with E-state index in [0.29, 0.717) is 18.3 Å². The van der Waals surface area contributed by atoms with Gasteiger partial charge in [0.25, 0.3) is 0 Å². The molecule has 2 saturated heterocycles. The molecule has 3 rings (SSSR count). The third-order valence-electron chi connectivity index (χ3n) is 6.93. The van der Waals surface area contributed by atoms with Crippen molar-refractivity contribution in [1.29, 1.82) is 0 Å². The Labute approximate surface area is 177 Å². The van der Waals surface area contributed by atoms with Crippen molar-refractivity contribution in [2.24, 2.45) is 11.8 Å². The van der Waals surface area contributed by atoms with Gasteiger partial charge in [-0.3, -0.25) is 14.5 Å². The van der Waals surface area contributed by atoms with Gasteiger partial charge in [0.15, 0.2) is 0 Å². The van der Waals surface area contributed by atoms with E-state index in [0.717, 1.165) is 52.1 Å². The number of piperazine rings is 1. The molecular weight excluding hydrogens is 364 g/mol. The summed E-state index contributed by atoms with van der Waals surface area (Å²) in [5, 5.41) is 3.26. The molecule has 6 heteroatoms. The fourth-order valence-corrected chi connectivity index (χ4v) is 5.30. The van der Waals surface area contributed by atoms with E-state index in [4.69, 9.17) is 0 Å². The summed E-state index contributed by atoms with van der Waals surface area (Å²) >= 11 is 0. The van der Waals surface area contributed by atoms with Crippen molar-refractivity contribution in [3.63, 3.8) is 0 Å². The highest BCUT2D eigenvalue weighted by molar-refractivity contribution is 5.82. The fourth-order valence-electron chi connectivity index (χ4n) is 5.30. The first kappa shape index (κ1) is 22.5. The summed E-state index contributed by atoms with van der Waals surface area (Å²) in [5.41, 5.74) is 0. The van der Waals surface area contributed by atoms with Gasteiger partial charge < -0.3 is 15.1 Å². The van der Waals surface area contributed by atoms with Crippen molar-refractivity contribution in [2.45, 2.75) is 71.3 Å². The summed E-state index contributed by atoms with van der Waals surface area (Å²) in [5.74, 6) is 1.36. The molecule has 3 fully saturated rings. The van der Waals surface area contributed by atoms with Crippen molar-refractivity contribution in [3.05, 3.63) is 0 Å². The number of amides is 2. The van der Waals surface area contributed by atoms with Gasteiger partial charge in [0.1, 0.15) is 0 Å². The largest absolute Gasteiger partial charge is 0.353 e. The van der Waals surface area contributed by atoms with Crippen LogP contribution in [-0.2, 0) is 9.59 Å². The fraction of sp³-hybridized carbons (Fsp3) is 0.913. The first-order valence-corrected chi connectivity index (χ1v) is 12.1. The van der Waals surface area contributed by atoms with Gasteiger partial charge in [-0.2, -0.15) is 0 Å². The maximum atomic E-state index is 13.2. The zero-order valence-corrected chi connectivity index (χ0v) is 18.7. The van der Waals surface area contributed by atoms with Gasteiger partial charge in [0, 0.05) is 45.7 Å². The Kier molecular flexibility index (Phi) is 8.79. The van der Waals surface area contributed by atoms with Crippen LogP contribution in [-0.4, -0.2) is 84.9 Å². The predicted molar refractivity (Wildman–Crippen MR) is 117 cm³/mol. The molecule has 1 aliphatic carbocycles. The molecule has 0 aromatic rings. The molecule has 0 bridgehead atoms. The average molecular weight is 407 g/mol. The Morgan fingerprint density at radius 1 is 0.897 bits per heavy atom. The quantitative estimate of drug-likeness (QED) is 0.672. The summed E-state index contributed by atoms with van der Waals surface area (Å²) in [4.78, 5) is 32.4. The molecule has 0 spiro atoms. The second-order valence-electron chi connectivity index (χ2n) is 9.70. The SMILES string of the molecule is CC(C)CC(=O)N1CCN([C@@H](C(=O)NCCN2CCCCC2)C2CCCC2)CC1. The minimum Gasteiger partial charge on any atom is -0.353 e. The zero-order valence-electron chi connectivity index (χ0n) is 18.7. The molecule has 0 unspecified atom stereocenters. The molecule has 0 aromatic heterocycles. The lowest BCUT2D eigenvalue weighted by molar-refractivity contribution is -0.136. The molecule has 1 saturated carbocycles. The smallest absolute Gasteiger partial charge is 0.237 e. The molecule has 29 heavy (non-hydrogen) atoms. The van der Waals surface area contributed by atoms with E-state index in [1.54, 1.807) is 0 Å². The molecular formula is C23H42N4O2. The molecule has 1 atom stereocenters. The summed E-state index contributed by atoms with van der Waals surface area (Å²) < 4.78 is 0. The van der Waals surface area contributed by atoms with Crippen molar-refractivity contribution in [1.82, 2.24) is 20.0 Å². The maximum Gasteiger partial charge on any atom is 0.237 e. The van der Waals surface area contributed by atoms with Crippen LogP contribution in [0, 0.1) is 11.8 Å². The maximum absolute atomic E-state index is 13.2. The van der Waals surface area contributed by atoms with Crippen LogP contribution in [0.3, 0.4) is 0 Å². The molecule has 2 amide bonds. The van der Waals surface area contributed by atoms with Crippen LogP contribution < -0.4 is 5.32 Å². The topological polar surface area (TPSA) is 55.9 Å². The molecule has 6 nitrogen and oxygen atoms in total. The van der Waals surface area contributed by atoms with E-state index in [1.807, 2.05) is 4.90 Å². The highest BCUT2D eigenvalue weighted by Gasteiger charge is 2.37. The van der Waals surface area contributed by atoms with E-state index < -0.39 is 0 Å². The molecule has 2 aliphatic heterocycles.